The van der Waals surface area contributed by atoms with Crippen molar-refractivity contribution < 1.29 is 14.9 Å². The highest BCUT2D eigenvalue weighted by molar-refractivity contribution is 5.35. The Morgan fingerprint density at radius 3 is 2.77 bits per heavy atom. The Balaban J connectivity index is 2.25. The number of hydrogen-bond acceptors (Lipinski definition) is 3. The molecule has 0 radical (unpaired) electrons. The van der Waals surface area contributed by atoms with Crippen molar-refractivity contribution in [2.75, 3.05) is 6.61 Å². The van der Waals surface area contributed by atoms with Crippen molar-refractivity contribution in [3.63, 3.8) is 0 Å². The first-order chi connectivity index (χ1) is 6.22. The predicted octanol–water partition coefficient (Wildman–Crippen LogP) is 0.860. The highest BCUT2D eigenvalue weighted by Crippen LogP contribution is 2.29. The van der Waals surface area contributed by atoms with E-state index in [-0.39, 0.29) is 17.9 Å². The number of aromatic nitrogens is 1. The van der Waals surface area contributed by atoms with Gasteiger partial charge in [-0.15, -0.1) is 0 Å². The Morgan fingerprint density at radius 1 is 1.62 bits per heavy atom. The second-order valence-corrected chi connectivity index (χ2v) is 3.27. The molecule has 0 saturated carbocycles. The summed E-state index contributed by atoms with van der Waals surface area (Å²) >= 11 is 0. The van der Waals surface area contributed by atoms with Crippen LogP contribution in [0.1, 0.15) is 12.5 Å². The molecule has 1 atom stereocenters. The fourth-order valence-electron chi connectivity index (χ4n) is 1.40. The van der Waals surface area contributed by atoms with E-state index in [2.05, 4.69) is 0 Å². The first-order valence-electron chi connectivity index (χ1n) is 4.44. The van der Waals surface area contributed by atoms with Gasteiger partial charge in [0.25, 0.3) is 0 Å². The standard InChI is InChI=1S/C9H13NO3/c1-2-6-3-8(11)10(9(6)12)4-7-5-13-7/h3,7,11-12H,2,4-5H2,1H3. The Labute approximate surface area is 76.4 Å². The number of aromatic hydroxyl groups is 2. The van der Waals surface area contributed by atoms with E-state index in [0.717, 1.165) is 18.6 Å². The lowest BCUT2D eigenvalue weighted by atomic mass is 10.2. The third-order valence-electron chi connectivity index (χ3n) is 2.29. The van der Waals surface area contributed by atoms with Gasteiger partial charge in [0.05, 0.1) is 19.3 Å². The summed E-state index contributed by atoms with van der Waals surface area (Å²) in [5.41, 5.74) is 0.776. The van der Waals surface area contributed by atoms with E-state index in [0.29, 0.717) is 6.54 Å². The molecule has 1 aliphatic rings. The molecule has 4 nitrogen and oxygen atoms in total. The quantitative estimate of drug-likeness (QED) is 0.683. The summed E-state index contributed by atoms with van der Waals surface area (Å²) in [6, 6.07) is 1.59. The zero-order valence-electron chi connectivity index (χ0n) is 7.53. The van der Waals surface area contributed by atoms with E-state index in [1.807, 2.05) is 6.92 Å². The van der Waals surface area contributed by atoms with Gasteiger partial charge < -0.3 is 14.9 Å². The van der Waals surface area contributed by atoms with Gasteiger partial charge >= 0.3 is 0 Å². The maximum atomic E-state index is 9.63. The molecule has 1 saturated heterocycles. The van der Waals surface area contributed by atoms with Crippen LogP contribution in [0.4, 0.5) is 0 Å². The molecule has 13 heavy (non-hydrogen) atoms. The lowest BCUT2D eigenvalue weighted by Gasteiger charge is -2.03. The molecule has 0 amide bonds. The van der Waals surface area contributed by atoms with Crippen molar-refractivity contribution in [1.82, 2.24) is 4.57 Å². The fraction of sp³-hybridized carbons (Fsp3) is 0.556. The Kier molecular flexibility index (Phi) is 1.92. The van der Waals surface area contributed by atoms with Crippen LogP contribution >= 0.6 is 0 Å². The van der Waals surface area contributed by atoms with Crippen molar-refractivity contribution in [3.8, 4) is 11.8 Å². The van der Waals surface area contributed by atoms with E-state index in [4.69, 9.17) is 4.74 Å². The summed E-state index contributed by atoms with van der Waals surface area (Å²) in [4.78, 5) is 0. The Morgan fingerprint density at radius 2 is 2.31 bits per heavy atom. The summed E-state index contributed by atoms with van der Waals surface area (Å²) in [6.07, 6.45) is 0.881. The highest BCUT2D eigenvalue weighted by atomic mass is 16.6. The smallest absolute Gasteiger partial charge is 0.197 e. The Bertz CT molecular complexity index is 315. The molecule has 0 aliphatic carbocycles. The molecule has 2 heterocycles. The monoisotopic (exact) mass is 183 g/mol. The third kappa shape index (κ3) is 1.49. The summed E-state index contributed by atoms with van der Waals surface area (Å²) in [5.74, 6) is 0.278. The topological polar surface area (TPSA) is 57.9 Å². The van der Waals surface area contributed by atoms with E-state index in [1.54, 1.807) is 6.07 Å². The zero-order chi connectivity index (χ0) is 9.42. The molecule has 0 aromatic carbocycles. The highest BCUT2D eigenvalue weighted by Gasteiger charge is 2.25. The summed E-state index contributed by atoms with van der Waals surface area (Å²) < 4.78 is 6.50. The summed E-state index contributed by atoms with van der Waals surface area (Å²) in [7, 11) is 0. The van der Waals surface area contributed by atoms with E-state index in [1.165, 1.54) is 4.57 Å². The van der Waals surface area contributed by atoms with Gasteiger partial charge in [0.2, 0.25) is 0 Å². The van der Waals surface area contributed by atoms with Gasteiger partial charge in [-0.25, -0.2) is 0 Å². The van der Waals surface area contributed by atoms with Crippen LogP contribution in [-0.4, -0.2) is 27.5 Å². The van der Waals surface area contributed by atoms with Crippen LogP contribution in [0, 0.1) is 0 Å². The van der Waals surface area contributed by atoms with Crippen LogP contribution in [0.15, 0.2) is 6.07 Å². The number of aryl methyl sites for hydroxylation is 1. The minimum atomic E-state index is 0.116. The molecule has 1 aliphatic heterocycles. The van der Waals surface area contributed by atoms with Gasteiger partial charge in [0.1, 0.15) is 0 Å². The lowest BCUT2D eigenvalue weighted by molar-refractivity contribution is 0.328. The normalized spacial score (nSPS) is 20.5. The molecule has 2 rings (SSSR count). The molecule has 1 fully saturated rings. The van der Waals surface area contributed by atoms with Crippen LogP contribution in [0.3, 0.4) is 0 Å². The van der Waals surface area contributed by atoms with Gasteiger partial charge in [-0.2, -0.15) is 0 Å². The van der Waals surface area contributed by atoms with E-state index < -0.39 is 0 Å². The minimum Gasteiger partial charge on any atom is -0.494 e. The van der Waals surface area contributed by atoms with Crippen molar-refractivity contribution >= 4 is 0 Å². The zero-order valence-corrected chi connectivity index (χ0v) is 7.53. The summed E-state index contributed by atoms with van der Waals surface area (Å²) in [6.45, 7) is 3.20. The molecule has 1 aromatic heterocycles. The van der Waals surface area contributed by atoms with Gasteiger partial charge in [-0.05, 0) is 6.42 Å². The molecule has 1 aromatic rings. The average Bonchev–Trinajstić information content (AvgIpc) is 2.87. The van der Waals surface area contributed by atoms with Gasteiger partial charge in [-0.3, -0.25) is 4.57 Å². The SMILES string of the molecule is CCc1cc(O)n(CC2CO2)c1O. The molecule has 0 spiro atoms. The van der Waals surface area contributed by atoms with Crippen molar-refractivity contribution in [2.45, 2.75) is 26.0 Å². The number of ether oxygens (including phenoxy) is 1. The van der Waals surface area contributed by atoms with Crippen LogP contribution in [0.25, 0.3) is 0 Å². The van der Waals surface area contributed by atoms with Crippen LogP contribution < -0.4 is 0 Å². The lowest BCUT2D eigenvalue weighted by Crippen LogP contribution is -2.02. The molecule has 72 valence electrons. The third-order valence-corrected chi connectivity index (χ3v) is 2.29. The first kappa shape index (κ1) is 8.44. The molecule has 0 bridgehead atoms. The fourth-order valence-corrected chi connectivity index (χ4v) is 1.40. The van der Waals surface area contributed by atoms with Crippen molar-refractivity contribution in [1.29, 1.82) is 0 Å². The number of hydrogen-bond donors (Lipinski definition) is 2. The molecule has 1 unspecified atom stereocenters. The Hall–Kier alpha value is -1.16. The number of epoxide rings is 1. The van der Waals surface area contributed by atoms with Gasteiger partial charge in [0.15, 0.2) is 11.8 Å². The van der Waals surface area contributed by atoms with Crippen molar-refractivity contribution in [2.24, 2.45) is 0 Å². The van der Waals surface area contributed by atoms with Crippen LogP contribution in [-0.2, 0) is 17.7 Å². The maximum absolute atomic E-state index is 9.63. The van der Waals surface area contributed by atoms with E-state index in [9.17, 15) is 10.2 Å². The van der Waals surface area contributed by atoms with Gasteiger partial charge in [-0.1, -0.05) is 6.92 Å². The molecular formula is C9H13NO3. The van der Waals surface area contributed by atoms with Gasteiger partial charge in [0, 0.05) is 11.6 Å². The molecule has 4 heteroatoms. The second-order valence-electron chi connectivity index (χ2n) is 3.27. The van der Waals surface area contributed by atoms with Crippen molar-refractivity contribution in [3.05, 3.63) is 11.6 Å². The average molecular weight is 183 g/mol. The molecule has 2 N–H and O–H groups in total. The minimum absolute atomic E-state index is 0.116. The van der Waals surface area contributed by atoms with Crippen LogP contribution in [0.5, 0.6) is 11.8 Å². The number of nitrogens with zero attached hydrogens (tertiary/aromatic N) is 1. The first-order valence-corrected chi connectivity index (χ1v) is 4.44. The largest absolute Gasteiger partial charge is 0.494 e. The van der Waals surface area contributed by atoms with Crippen LogP contribution in [0.2, 0.25) is 0 Å². The second kappa shape index (κ2) is 2.96. The summed E-state index contributed by atoms with van der Waals surface area (Å²) in [5, 5.41) is 19.1. The predicted molar refractivity (Wildman–Crippen MR) is 46.9 cm³/mol. The number of rotatable bonds is 3. The van der Waals surface area contributed by atoms with E-state index >= 15 is 0 Å². The molecular weight excluding hydrogens is 170 g/mol. The maximum Gasteiger partial charge on any atom is 0.197 e.